The van der Waals surface area contributed by atoms with Crippen molar-refractivity contribution in [3.63, 3.8) is 0 Å². The fourth-order valence-electron chi connectivity index (χ4n) is 0.694. The van der Waals surface area contributed by atoms with Gasteiger partial charge in [-0.2, -0.15) is 0 Å². The van der Waals surface area contributed by atoms with Crippen molar-refractivity contribution in [1.29, 1.82) is 0 Å². The molecule has 1 saturated heterocycles. The highest BCUT2D eigenvalue weighted by Crippen LogP contribution is 2.11. The van der Waals surface area contributed by atoms with E-state index in [4.69, 9.17) is 36.0 Å². The molecule has 0 aromatic heterocycles. The highest BCUT2D eigenvalue weighted by molar-refractivity contribution is 6.27. The standard InChI is InChI=1S/C5H12N2O.C2H2O4/c6-1-5(7)4-2-8-3-4;3-1(4)2(5)6/h4-5H,1-3,6-7H2;(H,3,4)(H,5,6). The van der Waals surface area contributed by atoms with Crippen molar-refractivity contribution in [3.8, 4) is 0 Å². The van der Waals surface area contributed by atoms with Crippen LogP contribution in [0.25, 0.3) is 0 Å². The Balaban J connectivity index is 0.000000255. The summed E-state index contributed by atoms with van der Waals surface area (Å²) in [5, 5.41) is 14.8. The van der Waals surface area contributed by atoms with Crippen LogP contribution in [0.4, 0.5) is 0 Å². The first-order valence-electron chi connectivity index (χ1n) is 3.98. The van der Waals surface area contributed by atoms with Gasteiger partial charge in [0.15, 0.2) is 0 Å². The first kappa shape index (κ1) is 12.8. The number of carboxylic acids is 2. The van der Waals surface area contributed by atoms with Crippen LogP contribution in [0.15, 0.2) is 0 Å². The van der Waals surface area contributed by atoms with Gasteiger partial charge in [0.2, 0.25) is 0 Å². The second kappa shape index (κ2) is 6.30. The summed E-state index contributed by atoms with van der Waals surface area (Å²) in [7, 11) is 0. The van der Waals surface area contributed by atoms with E-state index >= 15 is 0 Å². The average molecular weight is 206 g/mol. The molecule has 1 heterocycles. The first-order valence-corrected chi connectivity index (χ1v) is 3.98. The molecule has 0 saturated carbocycles. The first-order chi connectivity index (χ1) is 6.49. The van der Waals surface area contributed by atoms with E-state index in [1.807, 2.05) is 0 Å². The SMILES string of the molecule is NCC(N)C1COC1.O=C(O)C(=O)O. The highest BCUT2D eigenvalue weighted by atomic mass is 16.5. The Morgan fingerprint density at radius 3 is 1.86 bits per heavy atom. The summed E-state index contributed by atoms with van der Waals surface area (Å²) < 4.78 is 4.92. The van der Waals surface area contributed by atoms with Gasteiger partial charge in [0.25, 0.3) is 0 Å². The fourth-order valence-corrected chi connectivity index (χ4v) is 0.694. The number of ether oxygens (including phenoxy) is 1. The molecule has 0 radical (unpaired) electrons. The number of aliphatic carboxylic acids is 2. The molecule has 6 N–H and O–H groups in total. The molecule has 1 fully saturated rings. The van der Waals surface area contributed by atoms with Crippen molar-refractivity contribution in [2.75, 3.05) is 19.8 Å². The zero-order valence-corrected chi connectivity index (χ0v) is 7.55. The molecular weight excluding hydrogens is 192 g/mol. The monoisotopic (exact) mass is 206 g/mol. The van der Waals surface area contributed by atoms with Gasteiger partial charge in [0, 0.05) is 18.5 Å². The Bertz CT molecular complexity index is 190. The lowest BCUT2D eigenvalue weighted by molar-refractivity contribution is -0.159. The third kappa shape index (κ3) is 4.75. The molecule has 0 aromatic rings. The smallest absolute Gasteiger partial charge is 0.414 e. The quantitative estimate of drug-likeness (QED) is 0.386. The van der Waals surface area contributed by atoms with Crippen LogP contribution >= 0.6 is 0 Å². The predicted molar refractivity (Wildman–Crippen MR) is 46.6 cm³/mol. The molecule has 0 bridgehead atoms. The van der Waals surface area contributed by atoms with E-state index in [0.29, 0.717) is 12.5 Å². The summed E-state index contributed by atoms with van der Waals surface area (Å²) in [4.78, 5) is 18.2. The van der Waals surface area contributed by atoms with Crippen LogP contribution in [0.5, 0.6) is 0 Å². The number of hydrogen-bond acceptors (Lipinski definition) is 5. The third-order valence-electron chi connectivity index (χ3n) is 1.72. The Hall–Kier alpha value is -1.18. The molecule has 1 unspecified atom stereocenters. The van der Waals surface area contributed by atoms with Crippen LogP contribution in [0, 0.1) is 5.92 Å². The Kier molecular flexibility index (Phi) is 5.77. The van der Waals surface area contributed by atoms with Crippen LogP contribution in [-0.2, 0) is 14.3 Å². The maximum atomic E-state index is 9.10. The molecule has 0 amide bonds. The van der Waals surface area contributed by atoms with Crippen LogP contribution in [-0.4, -0.2) is 48.0 Å². The van der Waals surface area contributed by atoms with Gasteiger partial charge in [0.05, 0.1) is 13.2 Å². The number of hydrogen-bond donors (Lipinski definition) is 4. The van der Waals surface area contributed by atoms with E-state index < -0.39 is 11.9 Å². The van der Waals surface area contributed by atoms with Crippen LogP contribution in [0.3, 0.4) is 0 Å². The molecule has 82 valence electrons. The van der Waals surface area contributed by atoms with Crippen molar-refractivity contribution in [2.45, 2.75) is 6.04 Å². The van der Waals surface area contributed by atoms with E-state index in [1.165, 1.54) is 0 Å². The van der Waals surface area contributed by atoms with E-state index in [1.54, 1.807) is 0 Å². The van der Waals surface area contributed by atoms with E-state index in [2.05, 4.69) is 0 Å². The number of rotatable bonds is 2. The Labute approximate surface area is 80.6 Å². The van der Waals surface area contributed by atoms with Crippen molar-refractivity contribution in [3.05, 3.63) is 0 Å². The number of carbonyl (C=O) groups is 2. The van der Waals surface area contributed by atoms with E-state index in [0.717, 1.165) is 13.2 Å². The molecular formula is C7H14N2O5. The molecule has 0 spiro atoms. The second-order valence-corrected chi connectivity index (χ2v) is 2.81. The summed E-state index contributed by atoms with van der Waals surface area (Å²) in [6.45, 7) is 2.19. The normalized spacial score (nSPS) is 17.3. The maximum Gasteiger partial charge on any atom is 0.414 e. The predicted octanol–water partition coefficient (Wildman–Crippen LogP) is -1.93. The second-order valence-electron chi connectivity index (χ2n) is 2.81. The molecule has 1 aliphatic heterocycles. The number of nitrogens with two attached hydrogens (primary N) is 2. The van der Waals surface area contributed by atoms with Crippen molar-refractivity contribution in [2.24, 2.45) is 17.4 Å². The lowest BCUT2D eigenvalue weighted by Gasteiger charge is -2.30. The van der Waals surface area contributed by atoms with E-state index in [-0.39, 0.29) is 6.04 Å². The minimum absolute atomic E-state index is 0.156. The zero-order valence-electron chi connectivity index (χ0n) is 7.55. The van der Waals surface area contributed by atoms with Gasteiger partial charge in [0.1, 0.15) is 0 Å². The molecule has 7 nitrogen and oxygen atoms in total. The van der Waals surface area contributed by atoms with Crippen molar-refractivity contribution < 1.29 is 24.5 Å². The molecule has 1 rings (SSSR count). The van der Waals surface area contributed by atoms with Gasteiger partial charge in [-0.3, -0.25) is 0 Å². The minimum atomic E-state index is -1.82. The van der Waals surface area contributed by atoms with Gasteiger partial charge < -0.3 is 26.4 Å². The van der Waals surface area contributed by atoms with Crippen LogP contribution < -0.4 is 11.5 Å². The molecule has 1 atom stereocenters. The average Bonchev–Trinajstić information content (AvgIpc) is 2.02. The van der Waals surface area contributed by atoms with E-state index in [9.17, 15) is 0 Å². The van der Waals surface area contributed by atoms with Gasteiger partial charge in [-0.15, -0.1) is 0 Å². The largest absolute Gasteiger partial charge is 0.473 e. The summed E-state index contributed by atoms with van der Waals surface area (Å²) in [5.74, 6) is -3.12. The summed E-state index contributed by atoms with van der Waals surface area (Å²) in [6, 6.07) is 0.156. The van der Waals surface area contributed by atoms with Crippen LogP contribution in [0.1, 0.15) is 0 Å². The summed E-state index contributed by atoms with van der Waals surface area (Å²) >= 11 is 0. The third-order valence-corrected chi connectivity index (χ3v) is 1.72. The van der Waals surface area contributed by atoms with Gasteiger partial charge in [-0.25, -0.2) is 9.59 Å². The lowest BCUT2D eigenvalue weighted by Crippen LogP contribution is -2.47. The maximum absolute atomic E-state index is 9.10. The Morgan fingerprint density at radius 2 is 1.79 bits per heavy atom. The van der Waals surface area contributed by atoms with Crippen molar-refractivity contribution >= 4 is 11.9 Å². The summed E-state index contributed by atoms with van der Waals surface area (Å²) in [5.41, 5.74) is 10.9. The van der Waals surface area contributed by atoms with Crippen molar-refractivity contribution in [1.82, 2.24) is 0 Å². The number of carboxylic acid groups (broad SMARTS) is 2. The summed E-state index contributed by atoms with van der Waals surface area (Å²) in [6.07, 6.45) is 0. The van der Waals surface area contributed by atoms with Gasteiger partial charge in [-0.05, 0) is 0 Å². The van der Waals surface area contributed by atoms with Crippen LogP contribution in [0.2, 0.25) is 0 Å². The molecule has 7 heteroatoms. The highest BCUT2D eigenvalue weighted by Gasteiger charge is 2.23. The van der Waals surface area contributed by atoms with Gasteiger partial charge in [-0.1, -0.05) is 0 Å². The minimum Gasteiger partial charge on any atom is -0.473 e. The topological polar surface area (TPSA) is 136 Å². The fraction of sp³-hybridized carbons (Fsp3) is 0.714. The van der Waals surface area contributed by atoms with Gasteiger partial charge >= 0.3 is 11.9 Å². The zero-order chi connectivity index (χ0) is 11.1. The molecule has 0 aromatic carbocycles. The lowest BCUT2D eigenvalue weighted by atomic mass is 9.99. The molecule has 1 aliphatic rings. The molecule has 0 aliphatic carbocycles. The molecule has 14 heavy (non-hydrogen) atoms. The Morgan fingerprint density at radius 1 is 1.36 bits per heavy atom.